The molecular weight excluding hydrogens is 382 g/mol. The van der Waals surface area contributed by atoms with Crippen LogP contribution in [0.15, 0.2) is 18.2 Å². The molecule has 4 N–H and O–H groups in total. The number of Topliss-reactive ketones (excluding diaryl/α,β-unsaturated/α-hetero) is 1. The number of rotatable bonds is 1. The Morgan fingerprint density at radius 2 is 1.89 bits per heavy atom. The van der Waals surface area contributed by atoms with Gasteiger partial charge in [0.25, 0.3) is 0 Å². The average molecular weight is 410 g/mol. The first kappa shape index (κ1) is 22.3. The number of carbonyl (C=O) groups is 2. The number of fused-ring (bicyclic) bond motifs is 1. The number of hydrogen-bond donors (Lipinski definition) is 5. The molecule has 0 fully saturated rings. The third kappa shape index (κ3) is 5.06. The van der Waals surface area contributed by atoms with E-state index < -0.39 is 35.3 Å². The summed E-state index contributed by atoms with van der Waals surface area (Å²) in [5, 5.41) is 33.0. The normalized spacial score (nSPS) is 30.7. The number of aliphatic hydroxyl groups excluding tert-OH is 2. The zero-order chi connectivity index (χ0) is 21.0. The molecule has 5 atom stereocenters. The first-order valence-corrected chi connectivity index (χ1v) is 9.66. The molecule has 0 aromatic heterocycles. The van der Waals surface area contributed by atoms with Crippen LogP contribution in [-0.4, -0.2) is 57.7 Å². The summed E-state index contributed by atoms with van der Waals surface area (Å²) < 4.78 is 5.52. The number of phenols is 1. The number of ketones is 1. The minimum atomic E-state index is -1.52. The molecule has 2 rings (SSSR count). The highest BCUT2D eigenvalue weighted by Gasteiger charge is 2.31. The predicted molar refractivity (Wildman–Crippen MR) is 110 cm³/mol. The topological polar surface area (TPSA) is 116 Å². The van der Waals surface area contributed by atoms with Crippen LogP contribution >= 0.6 is 12.6 Å². The number of aromatic hydroxyl groups is 1. The minimum absolute atomic E-state index is 0.00483. The molecular formula is C20H27NO6S. The lowest BCUT2D eigenvalue weighted by Gasteiger charge is -2.27. The van der Waals surface area contributed by atoms with E-state index in [0.29, 0.717) is 11.3 Å². The van der Waals surface area contributed by atoms with Crippen LogP contribution < -0.4 is 5.32 Å². The van der Waals surface area contributed by atoms with Crippen molar-refractivity contribution >= 4 is 36.1 Å². The second-order valence-corrected chi connectivity index (χ2v) is 7.73. The average Bonchev–Trinajstić information content (AvgIpc) is 2.64. The van der Waals surface area contributed by atoms with E-state index in [-0.39, 0.29) is 30.1 Å². The number of anilines is 1. The highest BCUT2D eigenvalue weighted by molar-refractivity contribution is 7.81. The molecule has 0 saturated heterocycles. The van der Waals surface area contributed by atoms with Crippen molar-refractivity contribution in [1.29, 1.82) is 0 Å². The van der Waals surface area contributed by atoms with E-state index in [1.807, 2.05) is 0 Å². The summed E-state index contributed by atoms with van der Waals surface area (Å²) in [4.78, 5) is 24.9. The summed E-state index contributed by atoms with van der Waals surface area (Å²) in [7, 11) is 1.68. The molecule has 0 aliphatic carbocycles. The second-order valence-electron chi connectivity index (χ2n) is 7.07. The smallest absolute Gasteiger partial charge is 0.342 e. The summed E-state index contributed by atoms with van der Waals surface area (Å²) in [6.07, 6.45) is -0.397. The summed E-state index contributed by atoms with van der Waals surface area (Å²) in [6.45, 7) is 3.46. The van der Waals surface area contributed by atoms with Gasteiger partial charge >= 0.3 is 5.97 Å². The number of carbonyl (C=O) groups excluding carboxylic acids is 2. The van der Waals surface area contributed by atoms with Crippen molar-refractivity contribution in [2.24, 2.45) is 5.92 Å². The zero-order valence-electron chi connectivity index (χ0n) is 16.1. The maximum absolute atomic E-state index is 12.7. The van der Waals surface area contributed by atoms with Gasteiger partial charge in [0.05, 0.1) is 6.10 Å². The van der Waals surface area contributed by atoms with Gasteiger partial charge in [-0.1, -0.05) is 19.1 Å². The Balaban J connectivity index is 2.49. The highest BCUT2D eigenvalue weighted by Crippen LogP contribution is 2.30. The monoisotopic (exact) mass is 409 g/mol. The van der Waals surface area contributed by atoms with E-state index in [1.54, 1.807) is 33.0 Å². The summed E-state index contributed by atoms with van der Waals surface area (Å²) in [5.41, 5.74) is 0.984. The van der Waals surface area contributed by atoms with Crippen LogP contribution in [0.25, 0.3) is 6.08 Å². The Labute approximate surface area is 169 Å². The maximum Gasteiger partial charge on any atom is 0.342 e. The van der Waals surface area contributed by atoms with E-state index in [4.69, 9.17) is 4.74 Å². The molecule has 1 aliphatic heterocycles. The molecule has 0 radical (unpaired) electrons. The molecule has 0 unspecified atom stereocenters. The van der Waals surface area contributed by atoms with Gasteiger partial charge in [0.1, 0.15) is 23.5 Å². The van der Waals surface area contributed by atoms with Gasteiger partial charge in [-0.3, -0.25) is 4.79 Å². The number of hydrogen-bond acceptors (Lipinski definition) is 8. The number of aliphatic hydroxyl groups is 2. The first-order valence-electron chi connectivity index (χ1n) is 9.14. The molecule has 28 heavy (non-hydrogen) atoms. The quantitative estimate of drug-likeness (QED) is 0.356. The van der Waals surface area contributed by atoms with Gasteiger partial charge < -0.3 is 25.4 Å². The van der Waals surface area contributed by atoms with E-state index >= 15 is 0 Å². The molecule has 154 valence electrons. The summed E-state index contributed by atoms with van der Waals surface area (Å²) >= 11 is 4.41. The fraction of sp³-hybridized carbons (Fsp3) is 0.500. The van der Waals surface area contributed by atoms with Crippen molar-refractivity contribution in [2.45, 2.75) is 50.3 Å². The Morgan fingerprint density at radius 1 is 1.21 bits per heavy atom. The predicted octanol–water partition coefficient (Wildman–Crippen LogP) is 2.01. The number of cyclic esters (lactones) is 1. The number of benzene rings is 1. The molecule has 0 bridgehead atoms. The Kier molecular flexibility index (Phi) is 7.51. The molecule has 7 nitrogen and oxygen atoms in total. The number of thiol groups is 1. The fourth-order valence-corrected chi connectivity index (χ4v) is 3.41. The van der Waals surface area contributed by atoms with Gasteiger partial charge in [0.15, 0.2) is 5.78 Å². The Morgan fingerprint density at radius 3 is 2.54 bits per heavy atom. The molecule has 1 aromatic carbocycles. The van der Waals surface area contributed by atoms with Crippen molar-refractivity contribution in [3.8, 4) is 5.75 Å². The third-order valence-corrected chi connectivity index (χ3v) is 5.71. The number of nitrogens with one attached hydrogen (secondary N) is 1. The Bertz CT molecular complexity index is 765. The SMILES string of the molecule is CNc1cc(O)c2c(c1)/C=C/C[C@H](O)[C@H](O)C(=O)C[C@H](S)[C@@H](C)[C@H](C)OC2=O. The van der Waals surface area contributed by atoms with Crippen LogP contribution in [0, 0.1) is 5.92 Å². The van der Waals surface area contributed by atoms with E-state index in [1.165, 1.54) is 12.1 Å². The van der Waals surface area contributed by atoms with Crippen molar-refractivity contribution in [3.63, 3.8) is 0 Å². The largest absolute Gasteiger partial charge is 0.507 e. The highest BCUT2D eigenvalue weighted by atomic mass is 32.1. The van der Waals surface area contributed by atoms with Crippen LogP contribution in [0.5, 0.6) is 5.75 Å². The van der Waals surface area contributed by atoms with E-state index in [0.717, 1.165) is 0 Å². The van der Waals surface area contributed by atoms with Gasteiger partial charge in [0, 0.05) is 36.4 Å². The lowest BCUT2D eigenvalue weighted by Crippen LogP contribution is -2.37. The number of esters is 1. The molecule has 1 heterocycles. The fourth-order valence-electron chi connectivity index (χ4n) is 2.99. The standard InChI is InChI=1S/C20H27NO6S/c1-10-11(2)27-20(26)18-12(7-13(21-3)8-15(18)23)5-4-6-14(22)19(25)16(24)9-17(10)28/h4-5,7-8,10-11,14,17,19,21-23,25,28H,6,9H2,1-3H3/b5-4+/t10-,11-,14-,17-,19-/m0/s1. The van der Waals surface area contributed by atoms with Gasteiger partial charge in [-0.25, -0.2) is 4.79 Å². The third-order valence-electron chi connectivity index (χ3n) is 5.06. The van der Waals surface area contributed by atoms with Crippen LogP contribution in [0.3, 0.4) is 0 Å². The second kappa shape index (κ2) is 9.45. The van der Waals surface area contributed by atoms with Crippen molar-refractivity contribution in [3.05, 3.63) is 29.3 Å². The van der Waals surface area contributed by atoms with Crippen molar-refractivity contribution in [2.75, 3.05) is 12.4 Å². The lowest BCUT2D eigenvalue weighted by atomic mass is 9.94. The minimum Gasteiger partial charge on any atom is -0.507 e. The number of ether oxygens (including phenoxy) is 1. The molecule has 1 aromatic rings. The van der Waals surface area contributed by atoms with E-state index in [2.05, 4.69) is 17.9 Å². The van der Waals surface area contributed by atoms with Crippen LogP contribution in [0.2, 0.25) is 0 Å². The lowest BCUT2D eigenvalue weighted by molar-refractivity contribution is -0.132. The van der Waals surface area contributed by atoms with Crippen LogP contribution in [0.1, 0.15) is 42.6 Å². The van der Waals surface area contributed by atoms with Crippen molar-refractivity contribution < 1.29 is 29.6 Å². The van der Waals surface area contributed by atoms with E-state index in [9.17, 15) is 24.9 Å². The van der Waals surface area contributed by atoms with Crippen molar-refractivity contribution in [1.82, 2.24) is 0 Å². The Hall–Kier alpha value is -2.03. The molecule has 1 aliphatic rings. The molecule has 0 spiro atoms. The maximum atomic E-state index is 12.7. The molecule has 8 heteroatoms. The van der Waals surface area contributed by atoms with Gasteiger partial charge in [-0.2, -0.15) is 12.6 Å². The van der Waals surface area contributed by atoms with Gasteiger partial charge in [0.2, 0.25) is 0 Å². The first-order chi connectivity index (χ1) is 13.1. The van der Waals surface area contributed by atoms with Gasteiger partial charge in [-0.05, 0) is 25.0 Å². The molecule has 0 amide bonds. The summed E-state index contributed by atoms with van der Waals surface area (Å²) in [5.74, 6) is -1.75. The zero-order valence-corrected chi connectivity index (χ0v) is 17.0. The van der Waals surface area contributed by atoms with Crippen LogP contribution in [0.4, 0.5) is 5.69 Å². The van der Waals surface area contributed by atoms with Crippen LogP contribution in [-0.2, 0) is 9.53 Å². The molecule has 0 saturated carbocycles. The van der Waals surface area contributed by atoms with Gasteiger partial charge in [-0.15, -0.1) is 0 Å². The summed E-state index contributed by atoms with van der Waals surface area (Å²) in [6, 6.07) is 3.08. The number of phenolic OH excluding ortho intramolecular Hbond substituents is 1.